The van der Waals surface area contributed by atoms with Crippen molar-refractivity contribution in [3.63, 3.8) is 0 Å². The van der Waals surface area contributed by atoms with Gasteiger partial charge in [0.25, 0.3) is 0 Å². The second-order valence-corrected chi connectivity index (χ2v) is 6.60. The third kappa shape index (κ3) is 8.87. The third-order valence-corrected chi connectivity index (χ3v) is 4.62. The summed E-state index contributed by atoms with van der Waals surface area (Å²) in [6.45, 7) is 3.06. The van der Waals surface area contributed by atoms with Gasteiger partial charge in [0.15, 0.2) is 5.96 Å². The number of carbonyl (C=O) groups is 1. The van der Waals surface area contributed by atoms with Crippen LogP contribution in [0.15, 0.2) is 29.3 Å². The molecule has 0 bridgehead atoms. The Balaban J connectivity index is 0.00000364. The van der Waals surface area contributed by atoms with Crippen molar-refractivity contribution in [1.82, 2.24) is 20.9 Å². The molecule has 1 aromatic carbocycles. The monoisotopic (exact) mass is 491 g/mol. The summed E-state index contributed by atoms with van der Waals surface area (Å²) >= 11 is 0. The average Bonchev–Trinajstić information content (AvgIpc) is 2.65. The standard InChI is InChI=1S/C19H30FN5O.HI/c1-21-18(26)14-25-11-8-17(9-12-25)24-19(22-2)23-10-4-6-15-5-3-7-16(20)13-15;/h3,5,7,13,17H,4,6,8-12,14H2,1-2H3,(H,21,26)(H2,22,23,24);1H. The van der Waals surface area contributed by atoms with Gasteiger partial charge in [-0.05, 0) is 43.4 Å². The summed E-state index contributed by atoms with van der Waals surface area (Å²) in [5.41, 5.74) is 1.01. The van der Waals surface area contributed by atoms with Gasteiger partial charge in [0.2, 0.25) is 5.91 Å². The summed E-state index contributed by atoms with van der Waals surface area (Å²) in [7, 11) is 3.43. The molecule has 3 N–H and O–H groups in total. The topological polar surface area (TPSA) is 68.8 Å². The number of guanidine groups is 1. The highest BCUT2D eigenvalue weighted by Crippen LogP contribution is 2.10. The maximum Gasteiger partial charge on any atom is 0.233 e. The number of carbonyl (C=O) groups excluding carboxylic acids is 1. The van der Waals surface area contributed by atoms with Crippen LogP contribution in [0.3, 0.4) is 0 Å². The summed E-state index contributed by atoms with van der Waals surface area (Å²) < 4.78 is 13.2. The van der Waals surface area contributed by atoms with Crippen LogP contribution < -0.4 is 16.0 Å². The Morgan fingerprint density at radius 2 is 2.07 bits per heavy atom. The molecule has 1 fully saturated rings. The van der Waals surface area contributed by atoms with Gasteiger partial charge in [0.1, 0.15) is 5.82 Å². The van der Waals surface area contributed by atoms with E-state index in [9.17, 15) is 9.18 Å². The number of benzene rings is 1. The molecule has 0 radical (unpaired) electrons. The lowest BCUT2D eigenvalue weighted by Gasteiger charge is -2.32. The van der Waals surface area contributed by atoms with Crippen LogP contribution in [0, 0.1) is 5.82 Å². The second kappa shape index (κ2) is 12.9. The second-order valence-electron chi connectivity index (χ2n) is 6.60. The van der Waals surface area contributed by atoms with Crippen LogP contribution in [-0.2, 0) is 11.2 Å². The SMILES string of the molecule is CN=C(NCCCc1cccc(F)c1)NC1CCN(CC(=O)NC)CC1.I. The molecule has 1 aromatic rings. The zero-order valence-electron chi connectivity index (χ0n) is 16.1. The van der Waals surface area contributed by atoms with Crippen LogP contribution in [-0.4, -0.2) is 63.1 Å². The number of rotatable bonds is 7. The van der Waals surface area contributed by atoms with Gasteiger partial charge in [-0.3, -0.25) is 14.7 Å². The number of piperidine rings is 1. The van der Waals surface area contributed by atoms with Crippen LogP contribution in [0.2, 0.25) is 0 Å². The van der Waals surface area contributed by atoms with Crippen molar-refractivity contribution in [3.8, 4) is 0 Å². The number of aryl methyl sites for hydroxylation is 1. The van der Waals surface area contributed by atoms with Crippen LogP contribution in [0.5, 0.6) is 0 Å². The van der Waals surface area contributed by atoms with E-state index in [1.807, 2.05) is 6.07 Å². The van der Waals surface area contributed by atoms with E-state index in [2.05, 4.69) is 25.8 Å². The fraction of sp³-hybridized carbons (Fsp3) is 0.579. The molecule has 1 saturated heterocycles. The molecule has 1 aliphatic rings. The van der Waals surface area contributed by atoms with Gasteiger partial charge >= 0.3 is 0 Å². The lowest BCUT2D eigenvalue weighted by Crippen LogP contribution is -2.50. The van der Waals surface area contributed by atoms with Crippen molar-refractivity contribution in [2.24, 2.45) is 4.99 Å². The van der Waals surface area contributed by atoms with Crippen LogP contribution >= 0.6 is 24.0 Å². The highest BCUT2D eigenvalue weighted by atomic mass is 127. The van der Waals surface area contributed by atoms with E-state index in [1.54, 1.807) is 26.2 Å². The quantitative estimate of drug-likeness (QED) is 0.235. The molecule has 0 saturated carbocycles. The predicted molar refractivity (Wildman–Crippen MR) is 118 cm³/mol. The molecular formula is C19H31FIN5O. The van der Waals surface area contributed by atoms with Gasteiger partial charge in [-0.1, -0.05) is 12.1 Å². The Morgan fingerprint density at radius 3 is 2.70 bits per heavy atom. The number of amides is 1. The minimum atomic E-state index is -0.185. The summed E-state index contributed by atoms with van der Waals surface area (Å²) in [6.07, 6.45) is 3.72. The summed E-state index contributed by atoms with van der Waals surface area (Å²) in [5.74, 6) is 0.678. The molecule has 152 valence electrons. The van der Waals surface area contributed by atoms with Gasteiger partial charge in [-0.25, -0.2) is 4.39 Å². The van der Waals surface area contributed by atoms with Gasteiger partial charge in [-0.15, -0.1) is 24.0 Å². The van der Waals surface area contributed by atoms with Crippen LogP contribution in [0.1, 0.15) is 24.8 Å². The molecule has 8 heteroatoms. The van der Waals surface area contributed by atoms with Crippen LogP contribution in [0.4, 0.5) is 4.39 Å². The third-order valence-electron chi connectivity index (χ3n) is 4.62. The van der Waals surface area contributed by atoms with Crippen molar-refractivity contribution in [3.05, 3.63) is 35.6 Å². The number of hydrogen-bond donors (Lipinski definition) is 3. The van der Waals surface area contributed by atoms with E-state index in [0.717, 1.165) is 56.8 Å². The first-order valence-corrected chi connectivity index (χ1v) is 9.25. The molecule has 1 aliphatic heterocycles. The molecule has 6 nitrogen and oxygen atoms in total. The van der Waals surface area contributed by atoms with Crippen molar-refractivity contribution in [1.29, 1.82) is 0 Å². The Hall–Kier alpha value is -1.42. The Morgan fingerprint density at radius 1 is 1.33 bits per heavy atom. The molecule has 0 aliphatic carbocycles. The average molecular weight is 491 g/mol. The first kappa shape index (κ1) is 23.6. The smallest absolute Gasteiger partial charge is 0.233 e. The van der Waals surface area contributed by atoms with Crippen molar-refractivity contribution < 1.29 is 9.18 Å². The lowest BCUT2D eigenvalue weighted by atomic mass is 10.1. The van der Waals surface area contributed by atoms with Crippen molar-refractivity contribution >= 4 is 35.8 Å². The molecule has 1 heterocycles. The fourth-order valence-electron chi connectivity index (χ4n) is 3.10. The summed E-state index contributed by atoms with van der Waals surface area (Å²) in [6, 6.07) is 7.11. The molecule has 2 rings (SSSR count). The Bertz CT molecular complexity index is 606. The highest BCUT2D eigenvalue weighted by Gasteiger charge is 2.21. The molecule has 0 spiro atoms. The summed E-state index contributed by atoms with van der Waals surface area (Å²) in [4.78, 5) is 17.9. The minimum Gasteiger partial charge on any atom is -0.358 e. The van der Waals surface area contributed by atoms with Crippen molar-refractivity contribution in [2.45, 2.75) is 31.7 Å². The number of likely N-dealkylation sites (tertiary alicyclic amines) is 1. The van der Waals surface area contributed by atoms with E-state index in [4.69, 9.17) is 0 Å². The molecule has 0 aromatic heterocycles. The number of nitrogens with one attached hydrogen (secondary N) is 3. The number of aliphatic imine (C=N–C) groups is 1. The first-order chi connectivity index (χ1) is 12.6. The first-order valence-electron chi connectivity index (χ1n) is 9.25. The number of halogens is 2. The maximum absolute atomic E-state index is 13.2. The number of likely N-dealkylation sites (N-methyl/N-ethyl adjacent to an activating group) is 1. The van der Waals surface area contributed by atoms with Gasteiger partial charge in [-0.2, -0.15) is 0 Å². The maximum atomic E-state index is 13.2. The Kier molecular flexibility index (Phi) is 11.3. The zero-order chi connectivity index (χ0) is 18.8. The normalized spacial score (nSPS) is 15.7. The predicted octanol–water partition coefficient (Wildman–Crippen LogP) is 1.75. The zero-order valence-corrected chi connectivity index (χ0v) is 18.5. The van der Waals surface area contributed by atoms with E-state index in [0.29, 0.717) is 12.6 Å². The molecule has 27 heavy (non-hydrogen) atoms. The summed E-state index contributed by atoms with van der Waals surface area (Å²) in [5, 5.41) is 9.44. The fourth-order valence-corrected chi connectivity index (χ4v) is 3.10. The van der Waals surface area contributed by atoms with E-state index < -0.39 is 0 Å². The molecule has 0 atom stereocenters. The number of nitrogens with zero attached hydrogens (tertiary/aromatic N) is 2. The van der Waals surface area contributed by atoms with Crippen molar-refractivity contribution in [2.75, 3.05) is 40.3 Å². The van der Waals surface area contributed by atoms with Gasteiger partial charge in [0, 0.05) is 39.8 Å². The molecule has 1 amide bonds. The van der Waals surface area contributed by atoms with E-state index in [-0.39, 0.29) is 35.7 Å². The Labute approximate surface area is 178 Å². The largest absolute Gasteiger partial charge is 0.358 e. The van der Waals surface area contributed by atoms with Gasteiger partial charge < -0.3 is 16.0 Å². The van der Waals surface area contributed by atoms with Gasteiger partial charge in [0.05, 0.1) is 6.54 Å². The number of hydrogen-bond acceptors (Lipinski definition) is 3. The van der Waals surface area contributed by atoms with E-state index >= 15 is 0 Å². The van der Waals surface area contributed by atoms with E-state index in [1.165, 1.54) is 6.07 Å². The highest BCUT2D eigenvalue weighted by molar-refractivity contribution is 14.0. The lowest BCUT2D eigenvalue weighted by molar-refractivity contribution is -0.122. The minimum absolute atomic E-state index is 0. The van der Waals surface area contributed by atoms with Crippen LogP contribution in [0.25, 0.3) is 0 Å². The molecular weight excluding hydrogens is 460 g/mol. The molecule has 0 unspecified atom stereocenters.